The lowest BCUT2D eigenvalue weighted by Gasteiger charge is -2.11. The molecule has 0 radical (unpaired) electrons. The highest BCUT2D eigenvalue weighted by atomic mass is 19.4. The summed E-state index contributed by atoms with van der Waals surface area (Å²) in [7, 11) is 0. The highest BCUT2D eigenvalue weighted by Gasteiger charge is 2.35. The lowest BCUT2D eigenvalue weighted by atomic mass is 10.0. The number of pyridine rings is 1. The number of aryl methyl sites for hydroxylation is 1. The molecule has 0 saturated heterocycles. The Morgan fingerprint density at radius 1 is 1.15 bits per heavy atom. The molecule has 0 amide bonds. The second-order valence-electron chi connectivity index (χ2n) is 4.49. The van der Waals surface area contributed by atoms with Gasteiger partial charge in [-0.15, -0.1) is 0 Å². The number of hydrogen-bond donors (Lipinski definition) is 1. The molecular weight excluding hydrogens is 267 g/mol. The third kappa shape index (κ3) is 2.03. The minimum absolute atomic E-state index is 0.0134. The number of alkyl halides is 3. The van der Waals surface area contributed by atoms with Crippen molar-refractivity contribution in [3.8, 4) is 11.3 Å². The molecular formula is C14H10F3N3. The van der Waals surface area contributed by atoms with Gasteiger partial charge in [0.1, 0.15) is 5.69 Å². The number of fused-ring (bicyclic) bond motifs is 1. The molecule has 1 N–H and O–H groups in total. The molecule has 20 heavy (non-hydrogen) atoms. The zero-order valence-corrected chi connectivity index (χ0v) is 10.5. The molecule has 6 heteroatoms. The van der Waals surface area contributed by atoms with E-state index in [1.54, 1.807) is 24.3 Å². The van der Waals surface area contributed by atoms with Crippen molar-refractivity contribution < 1.29 is 13.2 Å². The zero-order valence-electron chi connectivity index (χ0n) is 10.5. The molecule has 0 aliphatic carbocycles. The molecule has 0 saturated carbocycles. The Hall–Kier alpha value is -2.37. The van der Waals surface area contributed by atoms with E-state index in [4.69, 9.17) is 0 Å². The van der Waals surface area contributed by atoms with Gasteiger partial charge in [-0.2, -0.15) is 18.3 Å². The van der Waals surface area contributed by atoms with Gasteiger partial charge >= 0.3 is 6.18 Å². The van der Waals surface area contributed by atoms with Crippen LogP contribution in [0.3, 0.4) is 0 Å². The highest BCUT2D eigenvalue weighted by Crippen LogP contribution is 2.38. The SMILES string of the molecule is Cc1cc(C(F)(F)F)c(-c2n[nH]c3ccccc23)cn1. The van der Waals surface area contributed by atoms with Crippen LogP contribution in [0.2, 0.25) is 0 Å². The smallest absolute Gasteiger partial charge is 0.277 e. The summed E-state index contributed by atoms with van der Waals surface area (Å²) in [4.78, 5) is 3.96. The molecule has 2 heterocycles. The molecule has 1 aromatic carbocycles. The monoisotopic (exact) mass is 277 g/mol. The quantitative estimate of drug-likeness (QED) is 0.731. The third-order valence-corrected chi connectivity index (χ3v) is 3.07. The Balaban J connectivity index is 2.30. The Kier molecular flexibility index (Phi) is 2.74. The largest absolute Gasteiger partial charge is 0.417 e. The summed E-state index contributed by atoms with van der Waals surface area (Å²) in [6.45, 7) is 1.53. The fourth-order valence-corrected chi connectivity index (χ4v) is 2.15. The van der Waals surface area contributed by atoms with Crippen molar-refractivity contribution in [2.24, 2.45) is 0 Å². The summed E-state index contributed by atoms with van der Waals surface area (Å²) < 4.78 is 39.5. The van der Waals surface area contributed by atoms with Crippen molar-refractivity contribution in [2.45, 2.75) is 13.1 Å². The Morgan fingerprint density at radius 2 is 1.90 bits per heavy atom. The Bertz CT molecular complexity index is 775. The van der Waals surface area contributed by atoms with Crippen molar-refractivity contribution >= 4 is 10.9 Å². The summed E-state index contributed by atoms with van der Waals surface area (Å²) in [6.07, 6.45) is -3.22. The second kappa shape index (κ2) is 4.33. The van der Waals surface area contributed by atoms with Gasteiger partial charge in [-0.1, -0.05) is 18.2 Å². The molecule has 0 spiro atoms. The van der Waals surface area contributed by atoms with Crippen molar-refractivity contribution in [2.75, 3.05) is 0 Å². The summed E-state index contributed by atoms with van der Waals surface area (Å²) >= 11 is 0. The average Bonchev–Trinajstić information content (AvgIpc) is 2.81. The number of halogens is 3. The molecule has 0 aliphatic rings. The number of aromatic nitrogens is 3. The molecule has 3 aromatic rings. The van der Waals surface area contributed by atoms with Crippen LogP contribution in [-0.4, -0.2) is 15.2 Å². The van der Waals surface area contributed by atoms with E-state index in [1.165, 1.54) is 13.1 Å². The minimum atomic E-state index is -4.44. The van der Waals surface area contributed by atoms with E-state index >= 15 is 0 Å². The lowest BCUT2D eigenvalue weighted by Crippen LogP contribution is -2.08. The fourth-order valence-electron chi connectivity index (χ4n) is 2.15. The standard InChI is InChI=1S/C14H10F3N3/c1-8-6-11(14(15,16)17)10(7-18-8)13-9-4-2-3-5-12(9)19-20-13/h2-7H,1H3,(H,19,20). The van der Waals surface area contributed by atoms with Crippen LogP contribution in [-0.2, 0) is 6.18 Å². The molecule has 3 nitrogen and oxygen atoms in total. The molecule has 0 unspecified atom stereocenters. The number of H-pyrrole nitrogens is 1. The topological polar surface area (TPSA) is 41.6 Å². The van der Waals surface area contributed by atoms with Gasteiger partial charge in [-0.3, -0.25) is 10.1 Å². The lowest BCUT2D eigenvalue weighted by molar-refractivity contribution is -0.137. The number of para-hydroxylation sites is 1. The van der Waals surface area contributed by atoms with Crippen molar-refractivity contribution in [1.29, 1.82) is 0 Å². The summed E-state index contributed by atoms with van der Waals surface area (Å²) in [5.41, 5.74) is 0.542. The van der Waals surface area contributed by atoms with E-state index in [-0.39, 0.29) is 11.3 Å². The first-order valence-corrected chi connectivity index (χ1v) is 5.94. The first-order valence-electron chi connectivity index (χ1n) is 5.94. The van der Waals surface area contributed by atoms with Crippen molar-refractivity contribution in [1.82, 2.24) is 15.2 Å². The molecule has 3 rings (SSSR count). The van der Waals surface area contributed by atoms with E-state index in [2.05, 4.69) is 15.2 Å². The number of aromatic amines is 1. The van der Waals surface area contributed by atoms with E-state index in [0.717, 1.165) is 6.07 Å². The maximum absolute atomic E-state index is 13.2. The molecule has 0 aliphatic heterocycles. The second-order valence-corrected chi connectivity index (χ2v) is 4.49. The van der Waals surface area contributed by atoms with Crippen LogP contribution in [0.15, 0.2) is 36.5 Å². The molecule has 0 bridgehead atoms. The molecule has 2 aromatic heterocycles. The van der Waals surface area contributed by atoms with Crippen LogP contribution in [0.4, 0.5) is 13.2 Å². The zero-order chi connectivity index (χ0) is 14.3. The average molecular weight is 277 g/mol. The van der Waals surface area contributed by atoms with Gasteiger partial charge in [-0.25, -0.2) is 0 Å². The van der Waals surface area contributed by atoms with Gasteiger partial charge in [0.05, 0.1) is 11.1 Å². The maximum atomic E-state index is 13.2. The molecule has 0 fully saturated rings. The van der Waals surface area contributed by atoms with Gasteiger partial charge in [0.2, 0.25) is 0 Å². The number of nitrogens with zero attached hydrogens (tertiary/aromatic N) is 2. The first kappa shape index (κ1) is 12.7. The summed E-state index contributed by atoms with van der Waals surface area (Å²) in [5, 5.41) is 7.38. The summed E-state index contributed by atoms with van der Waals surface area (Å²) in [6, 6.07) is 8.09. The Labute approximate surface area is 112 Å². The predicted octanol–water partition coefficient (Wildman–Crippen LogP) is 3.95. The van der Waals surface area contributed by atoms with E-state index < -0.39 is 11.7 Å². The normalized spacial score (nSPS) is 12.0. The van der Waals surface area contributed by atoms with Crippen LogP contribution < -0.4 is 0 Å². The molecule has 0 atom stereocenters. The van der Waals surface area contributed by atoms with Gasteiger partial charge in [-0.05, 0) is 19.1 Å². The van der Waals surface area contributed by atoms with E-state index in [0.29, 0.717) is 16.6 Å². The summed E-state index contributed by atoms with van der Waals surface area (Å²) in [5.74, 6) is 0. The highest BCUT2D eigenvalue weighted by molar-refractivity contribution is 5.93. The maximum Gasteiger partial charge on any atom is 0.417 e. The fraction of sp³-hybridized carbons (Fsp3) is 0.143. The Morgan fingerprint density at radius 3 is 2.65 bits per heavy atom. The number of nitrogens with one attached hydrogen (secondary N) is 1. The number of rotatable bonds is 1. The van der Waals surface area contributed by atoms with Crippen LogP contribution in [0.25, 0.3) is 22.2 Å². The van der Waals surface area contributed by atoms with E-state index in [1.807, 2.05) is 0 Å². The number of hydrogen-bond acceptors (Lipinski definition) is 2. The first-order chi connectivity index (χ1) is 9.47. The predicted molar refractivity (Wildman–Crippen MR) is 69.1 cm³/mol. The van der Waals surface area contributed by atoms with Gasteiger partial charge < -0.3 is 0 Å². The van der Waals surface area contributed by atoms with E-state index in [9.17, 15) is 13.2 Å². The van der Waals surface area contributed by atoms with Crippen molar-refractivity contribution in [3.63, 3.8) is 0 Å². The van der Waals surface area contributed by atoms with Gasteiger partial charge in [0, 0.05) is 22.8 Å². The van der Waals surface area contributed by atoms with Crippen LogP contribution in [0.5, 0.6) is 0 Å². The third-order valence-electron chi connectivity index (χ3n) is 3.07. The van der Waals surface area contributed by atoms with Crippen LogP contribution >= 0.6 is 0 Å². The van der Waals surface area contributed by atoms with Crippen LogP contribution in [0.1, 0.15) is 11.3 Å². The minimum Gasteiger partial charge on any atom is -0.277 e. The van der Waals surface area contributed by atoms with Gasteiger partial charge in [0.25, 0.3) is 0 Å². The number of benzene rings is 1. The van der Waals surface area contributed by atoms with Gasteiger partial charge in [0.15, 0.2) is 0 Å². The van der Waals surface area contributed by atoms with Crippen LogP contribution in [0, 0.1) is 6.92 Å². The van der Waals surface area contributed by atoms with Crippen molar-refractivity contribution in [3.05, 3.63) is 47.8 Å². The molecule has 102 valence electrons.